The normalized spacial score (nSPS) is 14.6. The van der Waals surface area contributed by atoms with Crippen LogP contribution in [-0.4, -0.2) is 37.8 Å². The van der Waals surface area contributed by atoms with Crippen LogP contribution in [-0.2, 0) is 11.8 Å². The van der Waals surface area contributed by atoms with E-state index in [1.165, 1.54) is 10.9 Å². The Morgan fingerprint density at radius 3 is 2.57 bits per heavy atom. The van der Waals surface area contributed by atoms with E-state index in [-0.39, 0.29) is 5.91 Å². The van der Waals surface area contributed by atoms with Gasteiger partial charge in [0.2, 0.25) is 5.91 Å². The van der Waals surface area contributed by atoms with E-state index in [9.17, 15) is 14.9 Å². The Hall–Kier alpha value is -4.97. The number of amides is 2. The van der Waals surface area contributed by atoms with Crippen LogP contribution >= 0.6 is 0 Å². The summed E-state index contributed by atoms with van der Waals surface area (Å²) in [5.41, 5.74) is 7.02. The maximum atomic E-state index is 13.6. The summed E-state index contributed by atoms with van der Waals surface area (Å²) >= 11 is 0. The van der Waals surface area contributed by atoms with Gasteiger partial charge >= 0.3 is 0 Å². The smallest absolute Gasteiger partial charge is 0.270 e. The van der Waals surface area contributed by atoms with Gasteiger partial charge in [-0.3, -0.25) is 19.4 Å². The number of benzene rings is 2. The lowest BCUT2D eigenvalue weighted by Crippen LogP contribution is -2.47. The van der Waals surface area contributed by atoms with Crippen molar-refractivity contribution in [2.75, 3.05) is 5.32 Å². The highest BCUT2D eigenvalue weighted by Crippen LogP contribution is 2.34. The van der Waals surface area contributed by atoms with Gasteiger partial charge in [0.05, 0.1) is 17.3 Å². The van der Waals surface area contributed by atoms with Crippen molar-refractivity contribution in [1.29, 1.82) is 5.26 Å². The second kappa shape index (κ2) is 9.59. The molecule has 0 aliphatic heterocycles. The van der Waals surface area contributed by atoms with Gasteiger partial charge in [-0.25, -0.2) is 0 Å². The summed E-state index contributed by atoms with van der Waals surface area (Å²) in [4.78, 5) is 26.7. The SMILES string of the molecule is Cc1n[nH]c(C)c1-c1ccc(NC(=O)[C@@H](NC(=O)c2ccnn2C)[C@H]2C=Cc3ccc(C#N)cc32)cc1. The molecule has 0 radical (unpaired) electrons. The quantitative estimate of drug-likeness (QED) is 0.377. The van der Waals surface area contributed by atoms with Crippen LogP contribution in [0.4, 0.5) is 5.69 Å². The molecule has 2 aromatic heterocycles. The molecule has 2 aromatic carbocycles. The molecule has 9 heteroatoms. The minimum atomic E-state index is -0.924. The van der Waals surface area contributed by atoms with Gasteiger partial charge in [0.15, 0.2) is 0 Å². The van der Waals surface area contributed by atoms with Gasteiger partial charge in [0.1, 0.15) is 11.7 Å². The summed E-state index contributed by atoms with van der Waals surface area (Å²) in [6, 6.07) is 15.7. The third-order valence-corrected chi connectivity index (χ3v) is 6.61. The van der Waals surface area contributed by atoms with Crippen molar-refractivity contribution in [2.24, 2.45) is 7.05 Å². The molecular weight excluding hydrogens is 466 g/mol. The summed E-state index contributed by atoms with van der Waals surface area (Å²) in [5.74, 6) is -1.24. The first-order valence-corrected chi connectivity index (χ1v) is 11.8. The standard InChI is InChI=1S/C28H25N7O2/c1-16-25(17(2)34-33-16)20-6-9-21(10-7-20)31-28(37)26(32-27(36)24-12-13-30-35(24)3)22-11-8-19-5-4-18(15-29)14-23(19)22/h4-14,22,26H,1-3H3,(H,31,37)(H,32,36)(H,33,34)/t22-,26-/m0/s1. The fourth-order valence-corrected chi connectivity index (χ4v) is 4.73. The van der Waals surface area contributed by atoms with Crippen LogP contribution in [0.5, 0.6) is 0 Å². The van der Waals surface area contributed by atoms with Crippen LogP contribution in [0.15, 0.2) is 60.8 Å². The van der Waals surface area contributed by atoms with Crippen molar-refractivity contribution < 1.29 is 9.59 Å². The van der Waals surface area contributed by atoms with Gasteiger partial charge in [0.25, 0.3) is 5.91 Å². The van der Waals surface area contributed by atoms with Gasteiger partial charge in [-0.05, 0) is 60.9 Å². The van der Waals surface area contributed by atoms with Gasteiger partial charge < -0.3 is 10.6 Å². The number of hydrogen-bond donors (Lipinski definition) is 3. The fourth-order valence-electron chi connectivity index (χ4n) is 4.73. The van der Waals surface area contributed by atoms with Crippen LogP contribution in [0, 0.1) is 25.2 Å². The number of nitrogens with one attached hydrogen (secondary N) is 3. The number of aryl methyl sites for hydroxylation is 3. The number of hydrogen-bond acceptors (Lipinski definition) is 5. The van der Waals surface area contributed by atoms with Gasteiger partial charge in [-0.2, -0.15) is 15.5 Å². The third kappa shape index (κ3) is 4.52. The molecule has 0 unspecified atom stereocenters. The first kappa shape index (κ1) is 23.8. The molecule has 2 heterocycles. The summed E-state index contributed by atoms with van der Waals surface area (Å²) in [5, 5.41) is 26.5. The average Bonchev–Trinajstić information content (AvgIpc) is 3.61. The minimum absolute atomic E-state index is 0.334. The van der Waals surface area contributed by atoms with Crippen LogP contribution in [0.3, 0.4) is 0 Å². The molecule has 184 valence electrons. The molecule has 1 aliphatic rings. The van der Waals surface area contributed by atoms with E-state index >= 15 is 0 Å². The fraction of sp³-hybridized carbons (Fsp3) is 0.179. The zero-order valence-electron chi connectivity index (χ0n) is 20.6. The molecule has 1 aliphatic carbocycles. The second-order valence-corrected chi connectivity index (χ2v) is 9.01. The van der Waals surface area contributed by atoms with Gasteiger partial charge in [-0.1, -0.05) is 30.4 Å². The Bertz CT molecular complexity index is 1550. The van der Waals surface area contributed by atoms with Crippen molar-refractivity contribution in [3.63, 3.8) is 0 Å². The Labute approximate surface area is 213 Å². The average molecular weight is 492 g/mol. The number of nitrogens with zero attached hydrogens (tertiary/aromatic N) is 4. The van der Waals surface area contributed by atoms with E-state index in [4.69, 9.17) is 0 Å². The van der Waals surface area contributed by atoms with Crippen LogP contribution in [0.25, 0.3) is 17.2 Å². The van der Waals surface area contributed by atoms with E-state index < -0.39 is 17.9 Å². The summed E-state index contributed by atoms with van der Waals surface area (Å²) < 4.78 is 1.45. The largest absolute Gasteiger partial charge is 0.338 e. The number of carbonyl (C=O) groups excluding carboxylic acids is 2. The minimum Gasteiger partial charge on any atom is -0.338 e. The highest BCUT2D eigenvalue weighted by molar-refractivity contribution is 6.01. The lowest BCUT2D eigenvalue weighted by atomic mass is 9.91. The number of rotatable bonds is 6. The summed E-state index contributed by atoms with van der Waals surface area (Å²) in [6.07, 6.45) is 5.31. The molecule has 0 saturated heterocycles. The number of carbonyl (C=O) groups is 2. The Morgan fingerprint density at radius 1 is 1.14 bits per heavy atom. The van der Waals surface area contributed by atoms with E-state index in [0.717, 1.165) is 33.6 Å². The topological polar surface area (TPSA) is 128 Å². The highest BCUT2D eigenvalue weighted by atomic mass is 16.2. The number of aromatic amines is 1. The molecule has 9 nitrogen and oxygen atoms in total. The van der Waals surface area contributed by atoms with Crippen LogP contribution in [0.1, 0.15) is 44.5 Å². The van der Waals surface area contributed by atoms with Crippen LogP contribution < -0.4 is 10.6 Å². The zero-order valence-corrected chi connectivity index (χ0v) is 20.6. The molecule has 5 rings (SSSR count). The number of anilines is 1. The summed E-state index contributed by atoms with van der Waals surface area (Å²) in [7, 11) is 1.67. The molecule has 0 saturated carbocycles. The van der Waals surface area contributed by atoms with E-state index in [0.29, 0.717) is 16.9 Å². The van der Waals surface area contributed by atoms with E-state index in [1.807, 2.05) is 56.3 Å². The highest BCUT2D eigenvalue weighted by Gasteiger charge is 2.34. The molecule has 2 amide bonds. The van der Waals surface area contributed by atoms with Gasteiger partial charge in [0, 0.05) is 36.1 Å². The van der Waals surface area contributed by atoms with E-state index in [1.54, 1.807) is 25.2 Å². The molecular formula is C28H25N7O2. The second-order valence-electron chi connectivity index (χ2n) is 9.01. The molecule has 4 aromatic rings. The van der Waals surface area contributed by atoms with Crippen molar-refractivity contribution in [1.82, 2.24) is 25.3 Å². The predicted octanol–water partition coefficient (Wildman–Crippen LogP) is 3.85. The third-order valence-electron chi connectivity index (χ3n) is 6.61. The van der Waals surface area contributed by atoms with Crippen molar-refractivity contribution >= 4 is 23.6 Å². The Morgan fingerprint density at radius 2 is 1.92 bits per heavy atom. The maximum Gasteiger partial charge on any atom is 0.270 e. The van der Waals surface area contributed by atoms with Crippen LogP contribution in [0.2, 0.25) is 0 Å². The van der Waals surface area contributed by atoms with Crippen molar-refractivity contribution in [3.8, 4) is 17.2 Å². The number of fused-ring (bicyclic) bond motifs is 1. The lowest BCUT2D eigenvalue weighted by molar-refractivity contribution is -0.118. The number of nitriles is 1. The number of H-pyrrole nitrogens is 1. The summed E-state index contributed by atoms with van der Waals surface area (Å²) in [6.45, 7) is 3.90. The zero-order chi connectivity index (χ0) is 26.1. The first-order chi connectivity index (χ1) is 17.9. The molecule has 37 heavy (non-hydrogen) atoms. The Balaban J connectivity index is 1.43. The van der Waals surface area contributed by atoms with E-state index in [2.05, 4.69) is 32.0 Å². The first-order valence-electron chi connectivity index (χ1n) is 11.8. The molecule has 0 spiro atoms. The van der Waals surface area contributed by atoms with Gasteiger partial charge in [-0.15, -0.1) is 0 Å². The van der Waals surface area contributed by atoms with Crippen molar-refractivity contribution in [2.45, 2.75) is 25.8 Å². The lowest BCUT2D eigenvalue weighted by Gasteiger charge is -2.24. The molecule has 0 fully saturated rings. The maximum absolute atomic E-state index is 13.6. The number of aromatic nitrogens is 4. The van der Waals surface area contributed by atoms with Crippen molar-refractivity contribution in [3.05, 3.63) is 94.6 Å². The Kier molecular flexibility index (Phi) is 6.15. The predicted molar refractivity (Wildman–Crippen MR) is 140 cm³/mol. The molecule has 3 N–H and O–H groups in total. The molecule has 0 bridgehead atoms. The monoisotopic (exact) mass is 491 g/mol. The molecule has 2 atom stereocenters.